The van der Waals surface area contributed by atoms with Gasteiger partial charge in [-0.15, -0.1) is 11.3 Å². The van der Waals surface area contributed by atoms with Crippen LogP contribution in [-0.2, 0) is 22.6 Å². The van der Waals surface area contributed by atoms with E-state index in [9.17, 15) is 4.79 Å². The van der Waals surface area contributed by atoms with Crippen LogP contribution in [0.15, 0.2) is 66.0 Å². The molecule has 4 rings (SSSR count). The molecule has 2 aromatic carbocycles. The number of ether oxygens (including phenoxy) is 1. The van der Waals surface area contributed by atoms with Crippen LogP contribution in [0.4, 0.5) is 0 Å². The Morgan fingerprint density at radius 2 is 1.84 bits per heavy atom. The molecule has 0 aliphatic heterocycles. The van der Waals surface area contributed by atoms with Crippen molar-refractivity contribution in [2.24, 2.45) is 0 Å². The molecule has 0 radical (unpaired) electrons. The van der Waals surface area contributed by atoms with Gasteiger partial charge in [-0.1, -0.05) is 42.5 Å². The van der Waals surface area contributed by atoms with Crippen LogP contribution >= 0.6 is 11.3 Å². The number of nitrogens with zero attached hydrogens (tertiary/aromatic N) is 1. The number of aryl methyl sites for hydroxylation is 1. The molecule has 2 aromatic heterocycles. The van der Waals surface area contributed by atoms with Gasteiger partial charge < -0.3 is 4.74 Å². The molecule has 0 atom stereocenters. The van der Waals surface area contributed by atoms with Gasteiger partial charge in [0.05, 0.1) is 11.9 Å². The number of para-hydroxylation sites is 1. The van der Waals surface area contributed by atoms with Gasteiger partial charge in [0.2, 0.25) is 0 Å². The van der Waals surface area contributed by atoms with Crippen molar-refractivity contribution < 1.29 is 9.53 Å². The van der Waals surface area contributed by atoms with Crippen molar-refractivity contribution in [1.82, 2.24) is 4.98 Å². The lowest BCUT2D eigenvalue weighted by Crippen LogP contribution is -2.06. The number of rotatable bonds is 5. The van der Waals surface area contributed by atoms with Crippen LogP contribution in [0.2, 0.25) is 0 Å². The number of fused-ring (bicyclic) bond motifs is 2. The Morgan fingerprint density at radius 3 is 2.80 bits per heavy atom. The van der Waals surface area contributed by atoms with Gasteiger partial charge in [0, 0.05) is 27.8 Å². The van der Waals surface area contributed by atoms with E-state index in [4.69, 9.17) is 4.74 Å². The van der Waals surface area contributed by atoms with Crippen molar-refractivity contribution in [3.8, 4) is 0 Å². The molecule has 3 nitrogen and oxygen atoms in total. The third-order valence-corrected chi connectivity index (χ3v) is 5.20. The first-order valence-electron chi connectivity index (χ1n) is 8.25. The predicted octanol–water partition coefficient (Wildman–Crippen LogP) is 5.13. The number of thiophene rings is 1. The van der Waals surface area contributed by atoms with Crippen molar-refractivity contribution in [3.05, 3.63) is 77.3 Å². The maximum absolute atomic E-state index is 12.1. The summed E-state index contributed by atoms with van der Waals surface area (Å²) in [5.74, 6) is -0.190. The summed E-state index contributed by atoms with van der Waals surface area (Å²) in [6, 6.07) is 20.2. The second kappa shape index (κ2) is 7.03. The van der Waals surface area contributed by atoms with Crippen LogP contribution < -0.4 is 0 Å². The van der Waals surface area contributed by atoms with Gasteiger partial charge >= 0.3 is 5.97 Å². The van der Waals surface area contributed by atoms with Crippen LogP contribution in [-0.4, -0.2) is 11.0 Å². The standard InChI is InChI=1S/C21H17NO2S/c23-21(24-13-16-14-25-20-8-4-2-6-18(16)20)12-11-17-10-9-15-5-1-3-7-19(15)22-17/h1-10,14H,11-13H2. The highest BCUT2D eigenvalue weighted by Crippen LogP contribution is 2.26. The van der Waals surface area contributed by atoms with Crippen LogP contribution in [0.1, 0.15) is 17.7 Å². The number of esters is 1. The first-order valence-corrected chi connectivity index (χ1v) is 9.13. The molecule has 0 aliphatic rings. The molecule has 0 saturated heterocycles. The Labute approximate surface area is 149 Å². The van der Waals surface area contributed by atoms with Gasteiger partial charge in [0.25, 0.3) is 0 Å². The zero-order valence-electron chi connectivity index (χ0n) is 13.6. The van der Waals surface area contributed by atoms with Gasteiger partial charge in [-0.25, -0.2) is 0 Å². The lowest BCUT2D eigenvalue weighted by molar-refractivity contribution is -0.144. The summed E-state index contributed by atoms with van der Waals surface area (Å²) in [6.07, 6.45) is 0.932. The summed E-state index contributed by atoms with van der Waals surface area (Å²) in [4.78, 5) is 16.7. The van der Waals surface area contributed by atoms with Crippen LogP contribution in [0.25, 0.3) is 21.0 Å². The second-order valence-corrected chi connectivity index (χ2v) is 6.82. The van der Waals surface area contributed by atoms with E-state index < -0.39 is 0 Å². The normalized spacial score (nSPS) is 11.0. The number of hydrogen-bond donors (Lipinski definition) is 0. The second-order valence-electron chi connectivity index (χ2n) is 5.91. The molecule has 4 heteroatoms. The molecule has 0 fully saturated rings. The summed E-state index contributed by atoms with van der Waals surface area (Å²) in [5.41, 5.74) is 2.94. The number of hydrogen-bond acceptors (Lipinski definition) is 4. The fourth-order valence-corrected chi connectivity index (χ4v) is 3.80. The molecule has 0 N–H and O–H groups in total. The topological polar surface area (TPSA) is 39.2 Å². The van der Waals surface area contributed by atoms with Gasteiger partial charge in [0.15, 0.2) is 0 Å². The van der Waals surface area contributed by atoms with Crippen LogP contribution in [0.5, 0.6) is 0 Å². The number of carbonyl (C=O) groups is 1. The molecule has 0 spiro atoms. The summed E-state index contributed by atoms with van der Waals surface area (Å²) >= 11 is 1.68. The Kier molecular flexibility index (Phi) is 4.44. The van der Waals surface area contributed by atoms with Gasteiger partial charge in [-0.3, -0.25) is 9.78 Å². The minimum absolute atomic E-state index is 0.190. The van der Waals surface area contributed by atoms with Crippen molar-refractivity contribution in [1.29, 1.82) is 0 Å². The fourth-order valence-electron chi connectivity index (χ4n) is 2.85. The molecule has 4 aromatic rings. The molecule has 0 amide bonds. The lowest BCUT2D eigenvalue weighted by atomic mass is 10.1. The molecular weight excluding hydrogens is 330 g/mol. The summed E-state index contributed by atoms with van der Waals surface area (Å²) < 4.78 is 6.66. The first-order chi connectivity index (χ1) is 12.3. The van der Waals surface area contributed by atoms with Crippen molar-refractivity contribution in [2.75, 3.05) is 0 Å². The number of benzene rings is 2. The van der Waals surface area contributed by atoms with Crippen molar-refractivity contribution in [3.63, 3.8) is 0 Å². The number of carbonyl (C=O) groups excluding carboxylic acids is 1. The van der Waals surface area contributed by atoms with E-state index in [0.717, 1.165) is 27.5 Å². The monoisotopic (exact) mass is 347 g/mol. The van der Waals surface area contributed by atoms with E-state index >= 15 is 0 Å². The van der Waals surface area contributed by atoms with E-state index in [1.54, 1.807) is 11.3 Å². The van der Waals surface area contributed by atoms with E-state index in [1.807, 2.05) is 48.5 Å². The predicted molar refractivity (Wildman–Crippen MR) is 102 cm³/mol. The fraction of sp³-hybridized carbons (Fsp3) is 0.143. The Balaban J connectivity index is 1.35. The van der Waals surface area contributed by atoms with E-state index in [2.05, 4.69) is 22.5 Å². The summed E-state index contributed by atoms with van der Waals surface area (Å²) in [7, 11) is 0. The zero-order chi connectivity index (χ0) is 17.1. The molecule has 0 aliphatic carbocycles. The first kappa shape index (κ1) is 15.8. The number of pyridine rings is 1. The SMILES string of the molecule is O=C(CCc1ccc2ccccc2n1)OCc1csc2ccccc12. The van der Waals surface area contributed by atoms with Gasteiger partial charge in [-0.2, -0.15) is 0 Å². The van der Waals surface area contributed by atoms with E-state index in [-0.39, 0.29) is 5.97 Å². The van der Waals surface area contributed by atoms with E-state index in [0.29, 0.717) is 19.4 Å². The van der Waals surface area contributed by atoms with Gasteiger partial charge in [0.1, 0.15) is 6.61 Å². The highest BCUT2D eigenvalue weighted by atomic mass is 32.1. The zero-order valence-corrected chi connectivity index (χ0v) is 14.5. The quantitative estimate of drug-likeness (QED) is 0.470. The molecule has 25 heavy (non-hydrogen) atoms. The average molecular weight is 347 g/mol. The largest absolute Gasteiger partial charge is 0.461 e. The van der Waals surface area contributed by atoms with Gasteiger partial charge in [-0.05, 0) is 29.0 Å². The van der Waals surface area contributed by atoms with Crippen LogP contribution in [0.3, 0.4) is 0 Å². The summed E-state index contributed by atoms with van der Waals surface area (Å²) in [5, 5.41) is 4.33. The summed E-state index contributed by atoms with van der Waals surface area (Å²) in [6.45, 7) is 0.327. The third-order valence-electron chi connectivity index (χ3n) is 4.19. The third kappa shape index (κ3) is 3.54. The van der Waals surface area contributed by atoms with Crippen molar-refractivity contribution in [2.45, 2.75) is 19.4 Å². The smallest absolute Gasteiger partial charge is 0.306 e. The minimum Gasteiger partial charge on any atom is -0.461 e. The molecule has 124 valence electrons. The Bertz CT molecular complexity index is 1040. The average Bonchev–Trinajstić information content (AvgIpc) is 3.08. The highest BCUT2D eigenvalue weighted by Gasteiger charge is 2.08. The maximum atomic E-state index is 12.1. The van der Waals surface area contributed by atoms with E-state index in [1.165, 1.54) is 4.70 Å². The molecule has 2 heterocycles. The highest BCUT2D eigenvalue weighted by molar-refractivity contribution is 7.17. The molecule has 0 saturated carbocycles. The Hall–Kier alpha value is -2.72. The Morgan fingerprint density at radius 1 is 1.00 bits per heavy atom. The molecule has 0 bridgehead atoms. The van der Waals surface area contributed by atoms with Crippen molar-refractivity contribution >= 4 is 38.3 Å². The number of aromatic nitrogens is 1. The van der Waals surface area contributed by atoms with Crippen LogP contribution in [0, 0.1) is 0 Å². The lowest BCUT2D eigenvalue weighted by Gasteiger charge is -2.05. The molecule has 0 unspecified atom stereocenters. The molecular formula is C21H17NO2S. The minimum atomic E-state index is -0.190. The maximum Gasteiger partial charge on any atom is 0.306 e.